The Morgan fingerprint density at radius 3 is 0.625 bits per heavy atom. The van der Waals surface area contributed by atoms with Crippen LogP contribution in [0.15, 0.2) is 121 Å². The number of hydrogen-bond donors (Lipinski definition) is 4. The van der Waals surface area contributed by atoms with Crippen molar-refractivity contribution in [2.24, 2.45) is 0 Å². The SMILES string of the molecule is O=C(O)CCCc1ccccc1.O=C(O)CCCc1ccccc1.O=C(O)CCCc1ccccc1.O=C(O)CCCc1ccccc1. The Morgan fingerprint density at radius 1 is 0.312 bits per heavy atom. The van der Waals surface area contributed by atoms with E-state index in [9.17, 15) is 19.2 Å². The summed E-state index contributed by atoms with van der Waals surface area (Å²) in [5, 5.41) is 33.6. The summed E-state index contributed by atoms with van der Waals surface area (Å²) in [5.74, 6) is -2.87. The van der Waals surface area contributed by atoms with Gasteiger partial charge < -0.3 is 20.4 Å². The van der Waals surface area contributed by atoms with E-state index < -0.39 is 23.9 Å². The van der Waals surface area contributed by atoms with E-state index in [1.54, 1.807) is 0 Å². The Balaban J connectivity index is 0.000000320. The molecular formula is C40H48O8. The molecule has 0 unspecified atom stereocenters. The van der Waals surface area contributed by atoms with Gasteiger partial charge in [-0.2, -0.15) is 0 Å². The molecule has 4 rings (SSSR count). The molecule has 0 saturated heterocycles. The number of aryl methyl sites for hydroxylation is 4. The molecule has 0 aliphatic carbocycles. The maximum Gasteiger partial charge on any atom is 0.303 e. The number of benzene rings is 4. The van der Waals surface area contributed by atoms with Crippen molar-refractivity contribution in [3.8, 4) is 0 Å². The van der Waals surface area contributed by atoms with E-state index in [0.29, 0.717) is 0 Å². The van der Waals surface area contributed by atoms with Gasteiger partial charge in [0.15, 0.2) is 0 Å². The van der Waals surface area contributed by atoms with E-state index >= 15 is 0 Å². The summed E-state index contributed by atoms with van der Waals surface area (Å²) in [6.07, 6.45) is 7.34. The van der Waals surface area contributed by atoms with Gasteiger partial charge in [0.2, 0.25) is 0 Å². The van der Waals surface area contributed by atoms with E-state index in [2.05, 4.69) is 0 Å². The third-order valence-electron chi connectivity index (χ3n) is 6.80. The highest BCUT2D eigenvalue weighted by Crippen LogP contribution is 2.06. The predicted octanol–water partition coefficient (Wildman–Crippen LogP) is 8.38. The van der Waals surface area contributed by atoms with Crippen LogP contribution < -0.4 is 0 Å². The van der Waals surface area contributed by atoms with E-state index in [1.807, 2.05) is 121 Å². The normalized spacial score (nSPS) is 9.67. The fraction of sp³-hybridized carbons (Fsp3) is 0.300. The molecule has 0 aliphatic heterocycles. The number of hydrogen-bond acceptors (Lipinski definition) is 4. The smallest absolute Gasteiger partial charge is 0.303 e. The molecular weight excluding hydrogens is 608 g/mol. The molecule has 0 aromatic heterocycles. The van der Waals surface area contributed by atoms with E-state index in [0.717, 1.165) is 51.4 Å². The first-order chi connectivity index (χ1) is 23.2. The molecule has 0 fully saturated rings. The van der Waals surface area contributed by atoms with Gasteiger partial charge in [0.25, 0.3) is 0 Å². The van der Waals surface area contributed by atoms with Crippen molar-refractivity contribution in [1.82, 2.24) is 0 Å². The van der Waals surface area contributed by atoms with Gasteiger partial charge in [-0.15, -0.1) is 0 Å². The van der Waals surface area contributed by atoms with Gasteiger partial charge >= 0.3 is 23.9 Å². The fourth-order valence-corrected chi connectivity index (χ4v) is 4.35. The fourth-order valence-electron chi connectivity index (χ4n) is 4.35. The highest BCUT2D eigenvalue weighted by Gasteiger charge is 1.99. The van der Waals surface area contributed by atoms with Crippen molar-refractivity contribution in [3.63, 3.8) is 0 Å². The molecule has 0 amide bonds. The minimum Gasteiger partial charge on any atom is -0.481 e. The summed E-state index contributed by atoms with van der Waals surface area (Å²) in [6.45, 7) is 0. The van der Waals surface area contributed by atoms with Crippen molar-refractivity contribution in [2.45, 2.75) is 77.0 Å². The topological polar surface area (TPSA) is 149 Å². The molecule has 8 heteroatoms. The molecule has 0 bridgehead atoms. The number of carboxylic acid groups (broad SMARTS) is 4. The van der Waals surface area contributed by atoms with Crippen molar-refractivity contribution in [1.29, 1.82) is 0 Å². The second-order valence-electron chi connectivity index (χ2n) is 10.9. The van der Waals surface area contributed by atoms with Crippen LogP contribution in [0.5, 0.6) is 0 Å². The lowest BCUT2D eigenvalue weighted by molar-refractivity contribution is -0.138. The van der Waals surface area contributed by atoms with Crippen LogP contribution in [0.2, 0.25) is 0 Å². The maximum absolute atomic E-state index is 10.2. The second-order valence-corrected chi connectivity index (χ2v) is 10.9. The minimum atomic E-state index is -0.717. The molecule has 0 aliphatic rings. The van der Waals surface area contributed by atoms with Crippen molar-refractivity contribution in [3.05, 3.63) is 144 Å². The Morgan fingerprint density at radius 2 is 0.479 bits per heavy atom. The van der Waals surface area contributed by atoms with Crippen molar-refractivity contribution < 1.29 is 39.6 Å². The minimum absolute atomic E-state index is 0.259. The lowest BCUT2D eigenvalue weighted by Gasteiger charge is -1.97. The Bertz CT molecular complexity index is 1190. The molecule has 8 nitrogen and oxygen atoms in total. The highest BCUT2D eigenvalue weighted by atomic mass is 16.4. The van der Waals surface area contributed by atoms with E-state index in [4.69, 9.17) is 20.4 Å². The van der Waals surface area contributed by atoms with Crippen LogP contribution in [0.4, 0.5) is 0 Å². The van der Waals surface area contributed by atoms with Crippen molar-refractivity contribution >= 4 is 23.9 Å². The van der Waals surface area contributed by atoms with Crippen molar-refractivity contribution in [2.75, 3.05) is 0 Å². The first-order valence-corrected chi connectivity index (χ1v) is 16.2. The molecule has 256 valence electrons. The largest absolute Gasteiger partial charge is 0.481 e. The second kappa shape index (κ2) is 26.9. The molecule has 0 heterocycles. The van der Waals surface area contributed by atoms with Crippen LogP contribution in [-0.2, 0) is 44.9 Å². The van der Waals surface area contributed by atoms with Crippen LogP contribution >= 0.6 is 0 Å². The Hall–Kier alpha value is -5.24. The number of carbonyl (C=O) groups is 4. The third-order valence-corrected chi connectivity index (χ3v) is 6.80. The number of aliphatic carboxylic acids is 4. The Labute approximate surface area is 283 Å². The van der Waals surface area contributed by atoms with Crippen LogP contribution in [0.1, 0.15) is 73.6 Å². The first-order valence-electron chi connectivity index (χ1n) is 16.2. The zero-order valence-electron chi connectivity index (χ0n) is 27.5. The zero-order chi connectivity index (χ0) is 35.2. The van der Waals surface area contributed by atoms with Gasteiger partial charge in [-0.05, 0) is 73.6 Å². The molecule has 0 spiro atoms. The van der Waals surface area contributed by atoms with Gasteiger partial charge in [-0.1, -0.05) is 121 Å². The summed E-state index contributed by atoms with van der Waals surface area (Å²) in [6, 6.07) is 39.7. The monoisotopic (exact) mass is 656 g/mol. The average molecular weight is 657 g/mol. The summed E-state index contributed by atoms with van der Waals surface area (Å²) in [7, 11) is 0. The van der Waals surface area contributed by atoms with Gasteiger partial charge in [0.1, 0.15) is 0 Å². The van der Waals surface area contributed by atoms with Crippen LogP contribution in [0.25, 0.3) is 0 Å². The first kappa shape index (κ1) is 40.8. The lowest BCUT2D eigenvalue weighted by atomic mass is 10.1. The van der Waals surface area contributed by atoms with Crippen LogP contribution in [0.3, 0.4) is 0 Å². The van der Waals surface area contributed by atoms with Gasteiger partial charge in [0.05, 0.1) is 0 Å². The lowest BCUT2D eigenvalue weighted by Crippen LogP contribution is -1.95. The standard InChI is InChI=1S/4C10H12O2/c4*11-10(12)8-4-7-9-5-2-1-3-6-9/h4*1-3,5-6H,4,7-8H2,(H,11,12). The van der Waals surface area contributed by atoms with Gasteiger partial charge in [0, 0.05) is 25.7 Å². The predicted molar refractivity (Wildman–Crippen MR) is 188 cm³/mol. The molecule has 0 atom stereocenters. The summed E-state index contributed by atoms with van der Waals surface area (Å²) in [5.41, 5.74) is 4.83. The quantitative estimate of drug-likeness (QED) is 0.0940. The molecule has 4 N–H and O–H groups in total. The number of rotatable bonds is 16. The van der Waals surface area contributed by atoms with Gasteiger partial charge in [-0.3, -0.25) is 19.2 Å². The van der Waals surface area contributed by atoms with E-state index in [1.165, 1.54) is 22.3 Å². The molecule has 0 saturated carbocycles. The molecule has 4 aromatic rings. The van der Waals surface area contributed by atoms with E-state index in [-0.39, 0.29) is 25.7 Å². The number of carboxylic acids is 4. The highest BCUT2D eigenvalue weighted by molar-refractivity contribution is 5.67. The summed E-state index contributed by atoms with van der Waals surface area (Å²) >= 11 is 0. The Kier molecular flexibility index (Phi) is 22.9. The zero-order valence-corrected chi connectivity index (χ0v) is 27.5. The molecule has 0 radical (unpaired) electrons. The molecule has 48 heavy (non-hydrogen) atoms. The average Bonchev–Trinajstić information content (AvgIpc) is 3.07. The van der Waals surface area contributed by atoms with Crippen LogP contribution in [0, 0.1) is 0 Å². The molecule has 4 aromatic carbocycles. The maximum atomic E-state index is 10.2. The van der Waals surface area contributed by atoms with Crippen LogP contribution in [-0.4, -0.2) is 44.3 Å². The summed E-state index contributed by atoms with van der Waals surface area (Å²) in [4.78, 5) is 40.8. The third kappa shape index (κ3) is 25.0. The summed E-state index contributed by atoms with van der Waals surface area (Å²) < 4.78 is 0. The van der Waals surface area contributed by atoms with Gasteiger partial charge in [-0.25, -0.2) is 0 Å².